The number of fused-ring (bicyclic) bond motifs is 2. The fraction of sp³-hybridized carbons (Fsp3) is 0.300. The van der Waals surface area contributed by atoms with E-state index in [4.69, 9.17) is 16.3 Å². The van der Waals surface area contributed by atoms with Crippen molar-refractivity contribution in [1.29, 1.82) is 0 Å². The van der Waals surface area contributed by atoms with Crippen molar-refractivity contribution in [2.45, 2.75) is 42.7 Å². The Morgan fingerprint density at radius 3 is 2.51 bits per heavy atom. The van der Waals surface area contributed by atoms with E-state index in [-0.39, 0.29) is 10.8 Å². The van der Waals surface area contributed by atoms with E-state index in [1.165, 1.54) is 0 Å². The van der Waals surface area contributed by atoms with Gasteiger partial charge in [-0.15, -0.1) is 0 Å². The maximum absolute atomic E-state index is 14.2. The quantitative estimate of drug-likeness (QED) is 0.391. The molecule has 1 saturated heterocycles. The molecule has 1 atom stereocenters. The summed E-state index contributed by atoms with van der Waals surface area (Å²) in [5.74, 6) is 0.351. The molecule has 7 nitrogen and oxygen atoms in total. The highest BCUT2D eigenvalue weighted by atomic mass is 35.5. The number of carbonyl (C=O) groups excluding carboxylic acids is 1. The summed E-state index contributed by atoms with van der Waals surface area (Å²) in [6.07, 6.45) is 5.38. The third-order valence-electron chi connectivity index (χ3n) is 7.74. The lowest BCUT2D eigenvalue weighted by Crippen LogP contribution is -2.51. The lowest BCUT2D eigenvalue weighted by atomic mass is 9.69. The molecule has 5 rings (SSSR count). The van der Waals surface area contributed by atoms with Gasteiger partial charge in [0.2, 0.25) is 0 Å². The number of halogens is 1. The van der Waals surface area contributed by atoms with Gasteiger partial charge in [-0.25, -0.2) is 8.42 Å². The molecule has 0 saturated carbocycles. The van der Waals surface area contributed by atoms with Crippen LogP contribution in [0.2, 0.25) is 5.02 Å². The molecule has 204 valence electrons. The first-order valence-corrected chi connectivity index (χ1v) is 14.8. The predicted molar refractivity (Wildman–Crippen MR) is 154 cm³/mol. The van der Waals surface area contributed by atoms with Crippen LogP contribution < -0.4 is 19.7 Å². The Hall–Kier alpha value is -3.33. The van der Waals surface area contributed by atoms with Crippen molar-refractivity contribution in [3.63, 3.8) is 0 Å². The molecule has 1 fully saturated rings. The summed E-state index contributed by atoms with van der Waals surface area (Å²) in [6, 6.07) is 18.8. The number of piperidine rings is 1. The monoisotopic (exact) mass is 565 g/mol. The van der Waals surface area contributed by atoms with Crippen molar-refractivity contribution in [2.75, 3.05) is 24.5 Å². The fourth-order valence-electron chi connectivity index (χ4n) is 5.74. The van der Waals surface area contributed by atoms with E-state index in [0.29, 0.717) is 28.6 Å². The Morgan fingerprint density at radius 2 is 1.85 bits per heavy atom. The Morgan fingerprint density at radius 1 is 1.13 bits per heavy atom. The van der Waals surface area contributed by atoms with Crippen LogP contribution in [-0.4, -0.2) is 40.6 Å². The van der Waals surface area contributed by atoms with Crippen LogP contribution in [0.3, 0.4) is 0 Å². The largest absolute Gasteiger partial charge is 0.497 e. The third-order valence-corrected chi connectivity index (χ3v) is 9.91. The smallest absolute Gasteiger partial charge is 0.264 e. The maximum Gasteiger partial charge on any atom is 0.264 e. The highest BCUT2D eigenvalue weighted by Crippen LogP contribution is 2.53. The van der Waals surface area contributed by atoms with Crippen LogP contribution in [0.5, 0.6) is 5.75 Å². The molecule has 3 aromatic rings. The summed E-state index contributed by atoms with van der Waals surface area (Å²) in [4.78, 5) is 13.4. The van der Waals surface area contributed by atoms with Crippen molar-refractivity contribution in [1.82, 2.24) is 10.6 Å². The number of ether oxygens (including phenoxy) is 1. The van der Waals surface area contributed by atoms with Gasteiger partial charge < -0.3 is 15.4 Å². The minimum Gasteiger partial charge on any atom is -0.497 e. The van der Waals surface area contributed by atoms with Gasteiger partial charge >= 0.3 is 0 Å². The molecule has 3 aromatic carbocycles. The van der Waals surface area contributed by atoms with E-state index in [2.05, 4.69) is 10.6 Å². The molecule has 1 amide bonds. The summed E-state index contributed by atoms with van der Waals surface area (Å²) in [6.45, 7) is 3.72. The van der Waals surface area contributed by atoms with Gasteiger partial charge in [0, 0.05) is 22.5 Å². The second-order valence-electron chi connectivity index (χ2n) is 9.86. The Labute approximate surface area is 234 Å². The van der Waals surface area contributed by atoms with Crippen LogP contribution in [0, 0.1) is 0 Å². The highest BCUT2D eigenvalue weighted by molar-refractivity contribution is 7.93. The molecule has 1 spiro atoms. The summed E-state index contributed by atoms with van der Waals surface area (Å²) < 4.78 is 35.1. The molecule has 2 heterocycles. The third kappa shape index (κ3) is 4.93. The fourth-order valence-corrected chi connectivity index (χ4v) is 7.64. The van der Waals surface area contributed by atoms with Crippen molar-refractivity contribution in [3.8, 4) is 5.75 Å². The molecular formula is C30H32ClN3O4S. The molecule has 2 aliphatic rings. The number of methoxy groups -OCH3 is 1. The molecule has 2 aliphatic heterocycles. The number of rotatable bonds is 7. The average molecular weight is 566 g/mol. The molecular weight excluding hydrogens is 534 g/mol. The van der Waals surface area contributed by atoms with E-state index in [0.717, 1.165) is 37.1 Å². The number of nitrogens with zero attached hydrogens (tertiary/aromatic N) is 1. The molecule has 1 unspecified atom stereocenters. The zero-order valence-corrected chi connectivity index (χ0v) is 23.6. The number of anilines is 1. The molecule has 2 N–H and O–H groups in total. The second-order valence-corrected chi connectivity index (χ2v) is 12.1. The van der Waals surface area contributed by atoms with Crippen LogP contribution in [0.4, 0.5) is 5.69 Å². The first-order valence-electron chi connectivity index (χ1n) is 13.0. The van der Waals surface area contributed by atoms with Gasteiger partial charge in [0.25, 0.3) is 15.9 Å². The lowest BCUT2D eigenvalue weighted by Gasteiger charge is -2.40. The number of benzene rings is 3. The van der Waals surface area contributed by atoms with E-state index < -0.39 is 21.5 Å². The molecule has 0 aromatic heterocycles. The number of carbonyl (C=O) groups is 1. The van der Waals surface area contributed by atoms with Crippen LogP contribution in [0.1, 0.15) is 41.3 Å². The molecule has 39 heavy (non-hydrogen) atoms. The van der Waals surface area contributed by atoms with Crippen molar-refractivity contribution >= 4 is 33.2 Å². The van der Waals surface area contributed by atoms with Gasteiger partial charge in [0.1, 0.15) is 5.75 Å². The Kier molecular flexibility index (Phi) is 7.71. The van der Waals surface area contributed by atoms with Gasteiger partial charge in [0.05, 0.1) is 23.7 Å². The normalized spacial score (nSPS) is 18.3. The lowest BCUT2D eigenvalue weighted by molar-refractivity contribution is 0.0950. The van der Waals surface area contributed by atoms with E-state index in [1.54, 1.807) is 53.9 Å². The van der Waals surface area contributed by atoms with Crippen molar-refractivity contribution in [3.05, 3.63) is 101 Å². The zero-order chi connectivity index (χ0) is 27.6. The summed E-state index contributed by atoms with van der Waals surface area (Å²) >= 11 is 6.27. The highest BCUT2D eigenvalue weighted by Gasteiger charge is 2.54. The van der Waals surface area contributed by atoms with Gasteiger partial charge in [-0.1, -0.05) is 42.0 Å². The Bertz CT molecular complexity index is 1500. The number of allylic oxidation sites excluding steroid dienone is 1. The van der Waals surface area contributed by atoms with Crippen LogP contribution in [-0.2, 0) is 22.0 Å². The van der Waals surface area contributed by atoms with Crippen LogP contribution >= 0.6 is 11.6 Å². The predicted octanol–water partition coefficient (Wildman–Crippen LogP) is 5.05. The SMILES string of the molecule is C/C=C/C1N(S(=O)(=O)c2ccc(OC)cc2)c2ccc(C(=O)NCc3ccccc3Cl)cc2C12CCNCC2. The van der Waals surface area contributed by atoms with Gasteiger partial charge in [-0.3, -0.25) is 9.10 Å². The minimum atomic E-state index is -3.92. The number of amides is 1. The summed E-state index contributed by atoms with van der Waals surface area (Å²) in [5.41, 5.74) is 2.34. The number of hydrogen-bond acceptors (Lipinski definition) is 5. The zero-order valence-electron chi connectivity index (χ0n) is 22.0. The number of hydrogen-bond donors (Lipinski definition) is 2. The molecule has 0 bridgehead atoms. The number of sulfonamides is 1. The first-order chi connectivity index (χ1) is 18.8. The van der Waals surface area contributed by atoms with Gasteiger partial charge in [-0.05, 0) is 92.5 Å². The van der Waals surface area contributed by atoms with Crippen molar-refractivity contribution in [2.24, 2.45) is 0 Å². The first kappa shape index (κ1) is 27.2. The van der Waals surface area contributed by atoms with E-state index in [9.17, 15) is 13.2 Å². The Balaban J connectivity index is 1.57. The average Bonchev–Trinajstić information content (AvgIpc) is 3.21. The molecule has 0 radical (unpaired) electrons. The summed E-state index contributed by atoms with van der Waals surface area (Å²) in [5, 5.41) is 6.96. The molecule has 9 heteroatoms. The topological polar surface area (TPSA) is 87.7 Å². The van der Waals surface area contributed by atoms with Crippen LogP contribution in [0.25, 0.3) is 0 Å². The van der Waals surface area contributed by atoms with Gasteiger partial charge in [-0.2, -0.15) is 0 Å². The van der Waals surface area contributed by atoms with Crippen LogP contribution in [0.15, 0.2) is 83.8 Å². The summed E-state index contributed by atoms with van der Waals surface area (Å²) in [7, 11) is -2.37. The van der Waals surface area contributed by atoms with Gasteiger partial charge in [0.15, 0.2) is 0 Å². The number of nitrogens with one attached hydrogen (secondary N) is 2. The van der Waals surface area contributed by atoms with Crippen molar-refractivity contribution < 1.29 is 17.9 Å². The minimum absolute atomic E-state index is 0.191. The second kappa shape index (κ2) is 11.0. The molecule has 0 aliphatic carbocycles. The maximum atomic E-state index is 14.2. The van der Waals surface area contributed by atoms with E-state index in [1.807, 2.05) is 43.3 Å². The standard InChI is InChI=1S/C30H32ClN3O4S/c1-3-6-28-30(15-17-32-18-16-30)25-19-21(29(35)33-20-22-7-4-5-8-26(22)31)9-14-27(25)34(28)39(36,37)24-12-10-23(38-2)11-13-24/h3-14,19,28,32H,15-18,20H2,1-2H3,(H,33,35)/b6-3+. The van der Waals surface area contributed by atoms with E-state index >= 15 is 0 Å².